The van der Waals surface area contributed by atoms with Gasteiger partial charge in [-0.3, -0.25) is 4.79 Å². The zero-order valence-corrected chi connectivity index (χ0v) is 16.6. The molecular formula is C25H29NO3. The Bertz CT molecular complexity index is 896. The summed E-state index contributed by atoms with van der Waals surface area (Å²) in [6, 6.07) is 18.6. The van der Waals surface area contributed by atoms with E-state index in [9.17, 15) is 15.0 Å². The summed E-state index contributed by atoms with van der Waals surface area (Å²) in [6.07, 6.45) is 3.00. The molecule has 2 aromatic rings. The van der Waals surface area contributed by atoms with Gasteiger partial charge in [-0.05, 0) is 66.5 Å². The monoisotopic (exact) mass is 391 g/mol. The highest BCUT2D eigenvalue weighted by Gasteiger charge is 2.52. The van der Waals surface area contributed by atoms with Crippen molar-refractivity contribution >= 4 is 5.91 Å². The SMILES string of the molecule is O=C(NC[C@H]1C[C@@H]2C[C@H]1[C@@H](O)[C@H]2O)C1(Cc2ccccc2)CCc2ccccc21. The Morgan fingerprint density at radius 2 is 1.76 bits per heavy atom. The number of fused-ring (bicyclic) bond motifs is 3. The lowest BCUT2D eigenvalue weighted by molar-refractivity contribution is -0.127. The number of hydrogen-bond donors (Lipinski definition) is 3. The molecule has 1 unspecified atom stereocenters. The van der Waals surface area contributed by atoms with Gasteiger partial charge in [-0.25, -0.2) is 0 Å². The number of benzene rings is 2. The van der Waals surface area contributed by atoms with Crippen molar-refractivity contribution in [2.45, 2.75) is 49.7 Å². The number of hydrogen-bond acceptors (Lipinski definition) is 3. The Morgan fingerprint density at radius 3 is 2.52 bits per heavy atom. The maximum atomic E-state index is 13.6. The molecule has 2 bridgehead atoms. The van der Waals surface area contributed by atoms with Crippen LogP contribution in [0, 0.1) is 17.8 Å². The maximum absolute atomic E-state index is 13.6. The molecule has 1 amide bonds. The molecule has 0 saturated heterocycles. The Hall–Kier alpha value is -2.17. The van der Waals surface area contributed by atoms with E-state index < -0.39 is 17.6 Å². The van der Waals surface area contributed by atoms with Gasteiger partial charge in [0.2, 0.25) is 5.91 Å². The van der Waals surface area contributed by atoms with Gasteiger partial charge in [0.15, 0.2) is 0 Å². The number of aliphatic hydroxyl groups excluding tert-OH is 2. The van der Waals surface area contributed by atoms with Crippen LogP contribution >= 0.6 is 0 Å². The second kappa shape index (κ2) is 7.26. The van der Waals surface area contributed by atoms with E-state index in [4.69, 9.17) is 0 Å². The average Bonchev–Trinajstić information content (AvgIpc) is 3.41. The van der Waals surface area contributed by atoms with E-state index in [-0.39, 0.29) is 23.7 Å². The topological polar surface area (TPSA) is 69.6 Å². The van der Waals surface area contributed by atoms with Crippen molar-refractivity contribution in [2.24, 2.45) is 17.8 Å². The molecule has 3 aliphatic rings. The summed E-state index contributed by atoms with van der Waals surface area (Å²) in [5.41, 5.74) is 3.08. The summed E-state index contributed by atoms with van der Waals surface area (Å²) in [7, 11) is 0. The van der Waals surface area contributed by atoms with E-state index in [0.717, 1.165) is 31.2 Å². The number of carbonyl (C=O) groups is 1. The molecule has 6 atom stereocenters. The van der Waals surface area contributed by atoms with E-state index in [0.29, 0.717) is 13.0 Å². The first-order chi connectivity index (χ1) is 14.1. The Balaban J connectivity index is 1.37. The molecule has 3 N–H and O–H groups in total. The van der Waals surface area contributed by atoms with Crippen molar-refractivity contribution in [2.75, 3.05) is 6.54 Å². The van der Waals surface area contributed by atoms with Crippen LogP contribution < -0.4 is 5.32 Å². The first kappa shape index (κ1) is 18.8. The van der Waals surface area contributed by atoms with Gasteiger partial charge < -0.3 is 15.5 Å². The second-order valence-electron chi connectivity index (χ2n) is 9.25. The van der Waals surface area contributed by atoms with Gasteiger partial charge in [0.25, 0.3) is 0 Å². The minimum Gasteiger partial charge on any atom is -0.390 e. The van der Waals surface area contributed by atoms with Crippen LogP contribution in [0.5, 0.6) is 0 Å². The van der Waals surface area contributed by atoms with Crippen molar-refractivity contribution in [3.8, 4) is 0 Å². The van der Waals surface area contributed by atoms with Crippen molar-refractivity contribution in [3.63, 3.8) is 0 Å². The molecule has 0 aromatic heterocycles. The molecule has 4 heteroatoms. The Kier molecular flexibility index (Phi) is 4.72. The number of aliphatic hydroxyl groups is 2. The molecule has 3 aliphatic carbocycles. The third-order valence-corrected chi connectivity index (χ3v) is 7.72. The number of carbonyl (C=O) groups excluding carboxylic acids is 1. The van der Waals surface area contributed by atoms with E-state index in [2.05, 4.69) is 35.6 Å². The van der Waals surface area contributed by atoms with Crippen molar-refractivity contribution in [1.82, 2.24) is 5.32 Å². The number of rotatable bonds is 5. The predicted octanol–water partition coefficient (Wildman–Crippen LogP) is 2.61. The number of amides is 1. The molecule has 29 heavy (non-hydrogen) atoms. The van der Waals surface area contributed by atoms with E-state index >= 15 is 0 Å². The van der Waals surface area contributed by atoms with Gasteiger partial charge in [-0.1, -0.05) is 54.6 Å². The fourth-order valence-electron chi connectivity index (χ4n) is 6.19. The first-order valence-electron chi connectivity index (χ1n) is 10.9. The molecule has 2 fully saturated rings. The molecule has 2 saturated carbocycles. The fraction of sp³-hybridized carbons (Fsp3) is 0.480. The highest BCUT2D eigenvalue weighted by molar-refractivity contribution is 5.90. The van der Waals surface area contributed by atoms with Crippen LogP contribution in [0.2, 0.25) is 0 Å². The van der Waals surface area contributed by atoms with E-state index in [1.165, 1.54) is 11.1 Å². The maximum Gasteiger partial charge on any atom is 0.231 e. The molecule has 0 spiro atoms. The summed E-state index contributed by atoms with van der Waals surface area (Å²) in [6.45, 7) is 0.586. The van der Waals surface area contributed by atoms with Crippen LogP contribution in [0.3, 0.4) is 0 Å². The van der Waals surface area contributed by atoms with Gasteiger partial charge in [0.1, 0.15) is 0 Å². The molecular weight excluding hydrogens is 362 g/mol. The predicted molar refractivity (Wildman–Crippen MR) is 111 cm³/mol. The zero-order chi connectivity index (χ0) is 20.0. The summed E-state index contributed by atoms with van der Waals surface area (Å²) < 4.78 is 0. The summed E-state index contributed by atoms with van der Waals surface area (Å²) in [5, 5.41) is 23.5. The van der Waals surface area contributed by atoms with Crippen molar-refractivity contribution in [3.05, 3.63) is 71.3 Å². The highest BCUT2D eigenvalue weighted by atomic mass is 16.3. The van der Waals surface area contributed by atoms with Crippen molar-refractivity contribution < 1.29 is 15.0 Å². The molecule has 0 radical (unpaired) electrons. The normalized spacial score (nSPS) is 34.9. The summed E-state index contributed by atoms with van der Waals surface area (Å²) in [4.78, 5) is 13.6. The third-order valence-electron chi connectivity index (χ3n) is 7.72. The minimum absolute atomic E-state index is 0.101. The van der Waals surface area contributed by atoms with Crippen LogP contribution in [-0.4, -0.2) is 34.9 Å². The molecule has 2 aromatic carbocycles. The van der Waals surface area contributed by atoms with Gasteiger partial charge >= 0.3 is 0 Å². The lowest BCUT2D eigenvalue weighted by atomic mass is 9.75. The smallest absolute Gasteiger partial charge is 0.231 e. The lowest BCUT2D eigenvalue weighted by Crippen LogP contribution is -2.48. The van der Waals surface area contributed by atoms with Crippen LogP contribution in [0.4, 0.5) is 0 Å². The molecule has 0 aliphatic heterocycles. The first-order valence-corrected chi connectivity index (χ1v) is 10.9. The van der Waals surface area contributed by atoms with Gasteiger partial charge in [0.05, 0.1) is 17.6 Å². The average molecular weight is 392 g/mol. The van der Waals surface area contributed by atoms with Crippen LogP contribution in [0.15, 0.2) is 54.6 Å². The molecule has 5 rings (SSSR count). The third kappa shape index (κ3) is 3.10. The van der Waals surface area contributed by atoms with Crippen LogP contribution in [-0.2, 0) is 23.1 Å². The largest absolute Gasteiger partial charge is 0.390 e. The number of aryl methyl sites for hydroxylation is 1. The highest BCUT2D eigenvalue weighted by Crippen LogP contribution is 2.48. The standard InChI is InChI=1S/C25H29NO3/c27-22-18-12-19(20(13-18)23(22)28)15-26-24(29)25(14-16-6-2-1-3-7-16)11-10-17-8-4-5-9-21(17)25/h1-9,18-20,22-23,27-28H,10-15H2,(H,26,29)/t18-,19-,20-,22+,23-,25?/m1/s1. The Morgan fingerprint density at radius 1 is 1.00 bits per heavy atom. The Labute approximate surface area is 172 Å². The van der Waals surface area contributed by atoms with Gasteiger partial charge in [0, 0.05) is 6.54 Å². The minimum atomic E-state index is -0.638. The van der Waals surface area contributed by atoms with Crippen molar-refractivity contribution in [1.29, 1.82) is 0 Å². The summed E-state index contributed by atoms with van der Waals surface area (Å²) in [5.74, 6) is 0.649. The van der Waals surface area contributed by atoms with Crippen LogP contribution in [0.25, 0.3) is 0 Å². The fourth-order valence-corrected chi connectivity index (χ4v) is 6.19. The molecule has 4 nitrogen and oxygen atoms in total. The number of nitrogens with one attached hydrogen (secondary N) is 1. The van der Waals surface area contributed by atoms with E-state index in [1.807, 2.05) is 24.3 Å². The molecule has 152 valence electrons. The van der Waals surface area contributed by atoms with Gasteiger partial charge in [-0.2, -0.15) is 0 Å². The lowest BCUT2D eigenvalue weighted by Gasteiger charge is -2.33. The van der Waals surface area contributed by atoms with E-state index in [1.54, 1.807) is 0 Å². The zero-order valence-electron chi connectivity index (χ0n) is 16.6. The second-order valence-corrected chi connectivity index (χ2v) is 9.25. The van der Waals surface area contributed by atoms with Crippen LogP contribution in [0.1, 0.15) is 36.0 Å². The molecule has 0 heterocycles. The summed E-state index contributed by atoms with van der Waals surface area (Å²) >= 11 is 0. The van der Waals surface area contributed by atoms with Gasteiger partial charge in [-0.15, -0.1) is 0 Å². The quantitative estimate of drug-likeness (QED) is 0.734.